The highest BCUT2D eigenvalue weighted by molar-refractivity contribution is 14.1. The first-order chi connectivity index (χ1) is 12.0. The van der Waals surface area contributed by atoms with Crippen LogP contribution in [0.1, 0.15) is 10.4 Å². The lowest BCUT2D eigenvalue weighted by Crippen LogP contribution is -2.49. The van der Waals surface area contributed by atoms with Gasteiger partial charge in [0.2, 0.25) is 0 Å². The zero-order chi connectivity index (χ0) is 18.0. The average Bonchev–Trinajstić information content (AvgIpc) is 2.63. The van der Waals surface area contributed by atoms with Crippen molar-refractivity contribution in [3.8, 4) is 0 Å². The maximum absolute atomic E-state index is 12.7. The molecule has 0 unspecified atom stereocenters. The maximum Gasteiger partial charge on any atom is 0.269 e. The lowest BCUT2D eigenvalue weighted by atomic mass is 10.1. The van der Waals surface area contributed by atoms with E-state index in [1.807, 2.05) is 11.0 Å². The number of nitrogens with zero attached hydrogens (tertiary/aromatic N) is 3. The highest BCUT2D eigenvalue weighted by Crippen LogP contribution is 2.23. The van der Waals surface area contributed by atoms with E-state index in [1.54, 1.807) is 24.3 Å². The van der Waals surface area contributed by atoms with Crippen LogP contribution in [0.25, 0.3) is 0 Å². The molecule has 8 heteroatoms. The second-order valence-corrected chi connectivity index (χ2v) is 7.28. The number of carbonyl (C=O) groups is 1. The fraction of sp³-hybridized carbons (Fsp3) is 0.235. The molecule has 1 amide bonds. The number of piperazine rings is 1. The minimum atomic E-state index is -0.410. The molecule has 130 valence electrons. The van der Waals surface area contributed by atoms with Crippen molar-refractivity contribution in [2.24, 2.45) is 0 Å². The number of carbonyl (C=O) groups excluding carboxylic acids is 1. The second kappa shape index (κ2) is 7.57. The van der Waals surface area contributed by atoms with Gasteiger partial charge in [-0.3, -0.25) is 14.9 Å². The van der Waals surface area contributed by atoms with Crippen LogP contribution < -0.4 is 4.90 Å². The van der Waals surface area contributed by atoms with E-state index in [-0.39, 0.29) is 11.6 Å². The standard InChI is InChI=1S/C17H15ClIN3O3/c18-12-1-6-16(19)15(11-12)17(23)21-9-7-20(8-10-21)13-2-4-14(5-3-13)22(24)25/h1-6,11H,7-10H2. The quantitative estimate of drug-likeness (QED) is 0.388. The number of anilines is 1. The van der Waals surface area contributed by atoms with Gasteiger partial charge in [0, 0.05) is 52.6 Å². The van der Waals surface area contributed by atoms with Crippen LogP contribution >= 0.6 is 34.2 Å². The molecule has 25 heavy (non-hydrogen) atoms. The topological polar surface area (TPSA) is 66.7 Å². The van der Waals surface area contributed by atoms with Crippen LogP contribution in [-0.4, -0.2) is 41.9 Å². The van der Waals surface area contributed by atoms with Gasteiger partial charge in [-0.1, -0.05) is 11.6 Å². The molecule has 2 aromatic carbocycles. The van der Waals surface area contributed by atoms with E-state index in [4.69, 9.17) is 11.6 Å². The van der Waals surface area contributed by atoms with Crippen molar-refractivity contribution in [1.29, 1.82) is 0 Å². The van der Waals surface area contributed by atoms with Crippen LogP contribution in [0.4, 0.5) is 11.4 Å². The van der Waals surface area contributed by atoms with E-state index in [0.717, 1.165) is 9.26 Å². The van der Waals surface area contributed by atoms with Crippen molar-refractivity contribution in [3.05, 3.63) is 66.7 Å². The van der Waals surface area contributed by atoms with Gasteiger partial charge in [-0.05, 0) is 52.9 Å². The number of hydrogen-bond donors (Lipinski definition) is 0. The van der Waals surface area contributed by atoms with Gasteiger partial charge >= 0.3 is 0 Å². The third kappa shape index (κ3) is 4.04. The number of rotatable bonds is 3. The first-order valence-electron chi connectivity index (χ1n) is 7.69. The predicted molar refractivity (Wildman–Crippen MR) is 105 cm³/mol. The lowest BCUT2D eigenvalue weighted by Gasteiger charge is -2.36. The summed E-state index contributed by atoms with van der Waals surface area (Å²) < 4.78 is 0.879. The summed E-state index contributed by atoms with van der Waals surface area (Å²) in [5.41, 5.74) is 1.63. The summed E-state index contributed by atoms with van der Waals surface area (Å²) in [6, 6.07) is 11.8. The number of nitro benzene ring substituents is 1. The van der Waals surface area contributed by atoms with Gasteiger partial charge in [0.15, 0.2) is 0 Å². The van der Waals surface area contributed by atoms with Gasteiger partial charge in [0.1, 0.15) is 0 Å². The summed E-state index contributed by atoms with van der Waals surface area (Å²) in [7, 11) is 0. The molecule has 2 aromatic rings. The SMILES string of the molecule is O=C(c1cc(Cl)ccc1I)N1CCN(c2ccc([N+](=O)[O-])cc2)CC1. The third-order valence-corrected chi connectivity index (χ3v) is 5.33. The molecule has 0 aliphatic carbocycles. The molecule has 3 rings (SSSR count). The number of amides is 1. The Morgan fingerprint density at radius 2 is 1.72 bits per heavy atom. The molecule has 1 saturated heterocycles. The molecule has 0 spiro atoms. The molecular weight excluding hydrogens is 457 g/mol. The molecule has 6 nitrogen and oxygen atoms in total. The van der Waals surface area contributed by atoms with Gasteiger partial charge in [-0.2, -0.15) is 0 Å². The van der Waals surface area contributed by atoms with E-state index in [9.17, 15) is 14.9 Å². The number of halogens is 2. The largest absolute Gasteiger partial charge is 0.368 e. The second-order valence-electron chi connectivity index (χ2n) is 5.68. The Morgan fingerprint density at radius 3 is 2.32 bits per heavy atom. The first-order valence-corrected chi connectivity index (χ1v) is 9.15. The Hall–Kier alpha value is -1.87. The predicted octanol–water partition coefficient (Wildman–Crippen LogP) is 3.82. The molecule has 0 saturated carbocycles. The van der Waals surface area contributed by atoms with Crippen molar-refractivity contribution in [3.63, 3.8) is 0 Å². The Labute approximate surface area is 163 Å². The van der Waals surface area contributed by atoms with Crippen LogP contribution in [0.15, 0.2) is 42.5 Å². The van der Waals surface area contributed by atoms with Gasteiger partial charge in [0.05, 0.1) is 10.5 Å². The van der Waals surface area contributed by atoms with E-state index in [1.165, 1.54) is 12.1 Å². The Bertz CT molecular complexity index is 805. The van der Waals surface area contributed by atoms with Crippen LogP contribution in [0.5, 0.6) is 0 Å². The summed E-state index contributed by atoms with van der Waals surface area (Å²) in [6.07, 6.45) is 0. The van der Waals surface area contributed by atoms with E-state index < -0.39 is 4.92 Å². The maximum atomic E-state index is 12.7. The van der Waals surface area contributed by atoms with Crippen LogP contribution in [0.3, 0.4) is 0 Å². The van der Waals surface area contributed by atoms with Crippen molar-refractivity contribution >= 4 is 51.5 Å². The normalized spacial score (nSPS) is 14.5. The molecule has 0 bridgehead atoms. The summed E-state index contributed by atoms with van der Waals surface area (Å²) in [5.74, 6) is -0.0183. The fourth-order valence-corrected chi connectivity index (χ4v) is 3.52. The first kappa shape index (κ1) is 17.9. The molecule has 1 heterocycles. The molecule has 0 radical (unpaired) electrons. The van der Waals surface area contributed by atoms with Gasteiger partial charge < -0.3 is 9.80 Å². The number of non-ortho nitro benzene ring substituents is 1. The summed E-state index contributed by atoms with van der Waals surface area (Å²) in [5, 5.41) is 11.3. The summed E-state index contributed by atoms with van der Waals surface area (Å²) >= 11 is 8.15. The van der Waals surface area contributed by atoms with E-state index >= 15 is 0 Å². The number of benzene rings is 2. The monoisotopic (exact) mass is 471 g/mol. The number of hydrogen-bond acceptors (Lipinski definition) is 4. The van der Waals surface area contributed by atoms with Gasteiger partial charge in [0.25, 0.3) is 11.6 Å². The Kier molecular flexibility index (Phi) is 5.43. The minimum absolute atomic E-state index is 0.0183. The Balaban J connectivity index is 1.66. The summed E-state index contributed by atoms with van der Waals surface area (Å²) in [4.78, 5) is 27.0. The van der Waals surface area contributed by atoms with Crippen molar-refractivity contribution < 1.29 is 9.72 Å². The average molecular weight is 472 g/mol. The molecule has 1 aliphatic heterocycles. The number of nitro groups is 1. The van der Waals surface area contributed by atoms with Gasteiger partial charge in [-0.15, -0.1) is 0 Å². The van der Waals surface area contributed by atoms with Gasteiger partial charge in [-0.25, -0.2) is 0 Å². The van der Waals surface area contributed by atoms with Crippen molar-refractivity contribution in [2.75, 3.05) is 31.1 Å². The zero-order valence-electron chi connectivity index (χ0n) is 13.2. The van der Waals surface area contributed by atoms with Crippen LogP contribution in [0, 0.1) is 13.7 Å². The minimum Gasteiger partial charge on any atom is -0.368 e. The van der Waals surface area contributed by atoms with E-state index in [2.05, 4.69) is 27.5 Å². The van der Waals surface area contributed by atoms with Crippen molar-refractivity contribution in [1.82, 2.24) is 4.90 Å². The molecule has 0 N–H and O–H groups in total. The molecular formula is C17H15ClIN3O3. The van der Waals surface area contributed by atoms with Crippen molar-refractivity contribution in [2.45, 2.75) is 0 Å². The van der Waals surface area contributed by atoms with E-state index in [0.29, 0.717) is 36.8 Å². The Morgan fingerprint density at radius 1 is 1.08 bits per heavy atom. The summed E-state index contributed by atoms with van der Waals surface area (Å²) in [6.45, 7) is 2.55. The molecule has 0 atom stereocenters. The molecule has 1 fully saturated rings. The third-order valence-electron chi connectivity index (χ3n) is 4.15. The van der Waals surface area contributed by atoms with Crippen LogP contribution in [0.2, 0.25) is 5.02 Å². The molecule has 0 aromatic heterocycles. The highest BCUT2D eigenvalue weighted by atomic mass is 127. The molecule has 1 aliphatic rings. The zero-order valence-corrected chi connectivity index (χ0v) is 16.1. The lowest BCUT2D eigenvalue weighted by molar-refractivity contribution is -0.384. The highest BCUT2D eigenvalue weighted by Gasteiger charge is 2.24. The fourth-order valence-electron chi connectivity index (χ4n) is 2.78. The smallest absolute Gasteiger partial charge is 0.269 e. The van der Waals surface area contributed by atoms with Crippen LogP contribution in [-0.2, 0) is 0 Å².